The fourth-order valence-corrected chi connectivity index (χ4v) is 0.655. The molecule has 0 amide bonds. The molecule has 10 heavy (non-hydrogen) atoms. The first-order chi connectivity index (χ1) is 4.81. The minimum Gasteiger partial charge on any atom is -0.295 e. The molecule has 0 rings (SSSR count). The summed E-state index contributed by atoms with van der Waals surface area (Å²) < 4.78 is 0. The third-order valence-electron chi connectivity index (χ3n) is 1.38. The largest absolute Gasteiger partial charge is 0.295 e. The molecule has 1 nitrogen and oxygen atoms in total. The van der Waals surface area contributed by atoms with Crippen molar-refractivity contribution in [2.24, 2.45) is 0 Å². The van der Waals surface area contributed by atoms with E-state index >= 15 is 0 Å². The lowest BCUT2D eigenvalue weighted by molar-refractivity contribution is -0.114. The van der Waals surface area contributed by atoms with Gasteiger partial charge in [-0.1, -0.05) is 32.8 Å². The van der Waals surface area contributed by atoms with Gasteiger partial charge in [-0.2, -0.15) is 0 Å². The fourth-order valence-electron chi connectivity index (χ4n) is 0.655. The maximum atomic E-state index is 10.7. The SMILES string of the molecule is CCCCC=CC(=O)CC. The summed E-state index contributed by atoms with van der Waals surface area (Å²) in [7, 11) is 0. The van der Waals surface area contributed by atoms with E-state index in [1.54, 1.807) is 6.08 Å². The first kappa shape index (κ1) is 9.41. The quantitative estimate of drug-likeness (QED) is 0.424. The Labute approximate surface area is 63.1 Å². The standard InChI is InChI=1S/C9H16O/c1-3-5-6-7-8-9(10)4-2/h7-8H,3-6H2,1-2H3. The zero-order chi connectivity index (χ0) is 7.82. The third kappa shape index (κ3) is 5.54. The Morgan fingerprint density at radius 1 is 1.40 bits per heavy atom. The minimum atomic E-state index is 0.233. The Morgan fingerprint density at radius 3 is 2.60 bits per heavy atom. The van der Waals surface area contributed by atoms with Gasteiger partial charge in [-0.25, -0.2) is 0 Å². The smallest absolute Gasteiger partial charge is 0.155 e. The monoisotopic (exact) mass is 140 g/mol. The van der Waals surface area contributed by atoms with Crippen LogP contribution >= 0.6 is 0 Å². The molecular weight excluding hydrogens is 124 g/mol. The Balaban J connectivity index is 3.27. The Morgan fingerprint density at radius 2 is 2.10 bits per heavy atom. The van der Waals surface area contributed by atoms with Gasteiger partial charge >= 0.3 is 0 Å². The Kier molecular flexibility index (Phi) is 6.14. The molecule has 0 fully saturated rings. The molecule has 1 heteroatoms. The number of unbranched alkanes of at least 4 members (excludes halogenated alkanes) is 2. The van der Waals surface area contributed by atoms with E-state index < -0.39 is 0 Å². The summed E-state index contributed by atoms with van der Waals surface area (Å²) in [4.78, 5) is 10.7. The molecule has 0 aliphatic carbocycles. The maximum absolute atomic E-state index is 10.7. The molecule has 0 aromatic rings. The highest BCUT2D eigenvalue weighted by Crippen LogP contribution is 1.95. The summed E-state index contributed by atoms with van der Waals surface area (Å²) in [5, 5.41) is 0. The van der Waals surface area contributed by atoms with Crippen molar-refractivity contribution in [3.63, 3.8) is 0 Å². The van der Waals surface area contributed by atoms with E-state index in [1.807, 2.05) is 13.0 Å². The number of hydrogen-bond acceptors (Lipinski definition) is 1. The fraction of sp³-hybridized carbons (Fsp3) is 0.667. The predicted molar refractivity (Wildman–Crippen MR) is 44.0 cm³/mol. The summed E-state index contributed by atoms with van der Waals surface area (Å²) in [5.74, 6) is 0.233. The number of carbonyl (C=O) groups excluding carboxylic acids is 1. The molecule has 0 aromatic carbocycles. The van der Waals surface area contributed by atoms with Crippen molar-refractivity contribution in [2.75, 3.05) is 0 Å². The Hall–Kier alpha value is -0.590. The minimum absolute atomic E-state index is 0.233. The second kappa shape index (κ2) is 6.53. The molecule has 0 atom stereocenters. The number of carbonyl (C=O) groups is 1. The van der Waals surface area contributed by atoms with Gasteiger partial charge in [0.1, 0.15) is 0 Å². The van der Waals surface area contributed by atoms with Crippen molar-refractivity contribution >= 4 is 5.78 Å². The summed E-state index contributed by atoms with van der Waals surface area (Å²) in [6.07, 6.45) is 7.72. The molecular formula is C9H16O. The van der Waals surface area contributed by atoms with Crippen LogP contribution < -0.4 is 0 Å². The second-order valence-electron chi connectivity index (χ2n) is 2.36. The summed E-state index contributed by atoms with van der Waals surface area (Å²) in [5.41, 5.74) is 0. The van der Waals surface area contributed by atoms with Crippen LogP contribution in [0.15, 0.2) is 12.2 Å². The first-order valence-corrected chi connectivity index (χ1v) is 4.00. The molecule has 0 unspecified atom stereocenters. The molecule has 0 aliphatic rings. The average Bonchev–Trinajstić information content (AvgIpc) is 1.98. The number of ketones is 1. The van der Waals surface area contributed by atoms with Crippen molar-refractivity contribution in [2.45, 2.75) is 39.5 Å². The van der Waals surface area contributed by atoms with Crippen molar-refractivity contribution in [3.05, 3.63) is 12.2 Å². The zero-order valence-electron chi connectivity index (χ0n) is 6.89. The highest BCUT2D eigenvalue weighted by atomic mass is 16.1. The molecule has 58 valence electrons. The van der Waals surface area contributed by atoms with E-state index in [2.05, 4.69) is 6.92 Å². The lowest BCUT2D eigenvalue weighted by atomic mass is 10.2. The number of rotatable bonds is 5. The van der Waals surface area contributed by atoms with E-state index in [0.717, 1.165) is 6.42 Å². The van der Waals surface area contributed by atoms with Crippen LogP contribution in [0, 0.1) is 0 Å². The van der Waals surface area contributed by atoms with Gasteiger partial charge < -0.3 is 0 Å². The van der Waals surface area contributed by atoms with Crippen LogP contribution in [-0.2, 0) is 4.79 Å². The van der Waals surface area contributed by atoms with Crippen molar-refractivity contribution in [1.29, 1.82) is 0 Å². The van der Waals surface area contributed by atoms with Gasteiger partial charge in [-0.05, 0) is 12.5 Å². The van der Waals surface area contributed by atoms with Gasteiger partial charge in [-0.15, -0.1) is 0 Å². The molecule has 0 aromatic heterocycles. The van der Waals surface area contributed by atoms with Gasteiger partial charge in [-0.3, -0.25) is 4.79 Å². The average molecular weight is 140 g/mol. The first-order valence-electron chi connectivity index (χ1n) is 4.00. The third-order valence-corrected chi connectivity index (χ3v) is 1.38. The van der Waals surface area contributed by atoms with Gasteiger partial charge in [0.05, 0.1) is 0 Å². The molecule has 0 saturated heterocycles. The van der Waals surface area contributed by atoms with Crippen LogP contribution in [0.25, 0.3) is 0 Å². The van der Waals surface area contributed by atoms with E-state index in [9.17, 15) is 4.79 Å². The molecule has 0 radical (unpaired) electrons. The Bertz CT molecular complexity index is 114. The van der Waals surface area contributed by atoms with Crippen molar-refractivity contribution < 1.29 is 4.79 Å². The van der Waals surface area contributed by atoms with Crippen LogP contribution in [0.3, 0.4) is 0 Å². The highest BCUT2D eigenvalue weighted by molar-refractivity contribution is 5.89. The van der Waals surface area contributed by atoms with Gasteiger partial charge in [0.2, 0.25) is 0 Å². The number of allylic oxidation sites excluding steroid dienone is 2. The van der Waals surface area contributed by atoms with Crippen LogP contribution in [0.1, 0.15) is 39.5 Å². The van der Waals surface area contributed by atoms with Crippen molar-refractivity contribution in [1.82, 2.24) is 0 Å². The highest BCUT2D eigenvalue weighted by Gasteiger charge is 1.87. The van der Waals surface area contributed by atoms with Gasteiger partial charge in [0, 0.05) is 6.42 Å². The van der Waals surface area contributed by atoms with Crippen molar-refractivity contribution in [3.8, 4) is 0 Å². The molecule has 0 spiro atoms. The lowest BCUT2D eigenvalue weighted by Gasteiger charge is -1.87. The number of hydrogen-bond donors (Lipinski definition) is 0. The van der Waals surface area contributed by atoms with Crippen LogP contribution in [0.5, 0.6) is 0 Å². The van der Waals surface area contributed by atoms with Crippen LogP contribution in [-0.4, -0.2) is 5.78 Å². The molecule has 0 aliphatic heterocycles. The zero-order valence-corrected chi connectivity index (χ0v) is 6.89. The normalized spacial score (nSPS) is 10.6. The summed E-state index contributed by atoms with van der Waals surface area (Å²) in [6.45, 7) is 4.03. The molecule has 0 N–H and O–H groups in total. The van der Waals surface area contributed by atoms with Gasteiger partial charge in [0.15, 0.2) is 5.78 Å². The van der Waals surface area contributed by atoms with E-state index in [-0.39, 0.29) is 5.78 Å². The van der Waals surface area contributed by atoms with E-state index in [4.69, 9.17) is 0 Å². The molecule has 0 saturated carbocycles. The molecule has 0 heterocycles. The lowest BCUT2D eigenvalue weighted by Crippen LogP contribution is -1.86. The van der Waals surface area contributed by atoms with Crippen LogP contribution in [0.4, 0.5) is 0 Å². The predicted octanol–water partition coefficient (Wildman–Crippen LogP) is 2.71. The van der Waals surface area contributed by atoms with E-state index in [0.29, 0.717) is 6.42 Å². The topological polar surface area (TPSA) is 17.1 Å². The van der Waals surface area contributed by atoms with E-state index in [1.165, 1.54) is 12.8 Å². The van der Waals surface area contributed by atoms with Crippen LogP contribution in [0.2, 0.25) is 0 Å². The van der Waals surface area contributed by atoms with Gasteiger partial charge in [0.25, 0.3) is 0 Å². The second-order valence-corrected chi connectivity index (χ2v) is 2.36. The summed E-state index contributed by atoms with van der Waals surface area (Å²) in [6, 6.07) is 0. The maximum Gasteiger partial charge on any atom is 0.155 e. The molecule has 0 bridgehead atoms. The summed E-state index contributed by atoms with van der Waals surface area (Å²) >= 11 is 0.